The van der Waals surface area contributed by atoms with Gasteiger partial charge in [0.2, 0.25) is 0 Å². The van der Waals surface area contributed by atoms with Gasteiger partial charge in [0.15, 0.2) is 0 Å². The van der Waals surface area contributed by atoms with Gasteiger partial charge in [-0.3, -0.25) is 0 Å². The van der Waals surface area contributed by atoms with E-state index in [2.05, 4.69) is 60.0 Å². The fourth-order valence-electron chi connectivity index (χ4n) is 3.31. The van der Waals surface area contributed by atoms with Crippen LogP contribution < -0.4 is 0 Å². The molecule has 0 aliphatic rings. The van der Waals surface area contributed by atoms with Crippen molar-refractivity contribution < 1.29 is 0 Å². The normalized spacial score (nSPS) is 11.0. The zero-order valence-electron chi connectivity index (χ0n) is 13.0. The van der Waals surface area contributed by atoms with Crippen molar-refractivity contribution in [3.63, 3.8) is 0 Å². The highest BCUT2D eigenvalue weighted by atomic mass is 15.0. The predicted octanol–water partition coefficient (Wildman–Crippen LogP) is 5.35. The molecule has 110 valence electrons. The molecule has 0 fully saturated rings. The second-order valence-electron chi connectivity index (χ2n) is 5.68. The zero-order valence-corrected chi connectivity index (χ0v) is 13.0. The van der Waals surface area contributed by atoms with Crippen molar-refractivity contribution >= 4 is 21.8 Å². The van der Waals surface area contributed by atoms with E-state index in [-0.39, 0.29) is 0 Å². The Bertz CT molecular complexity index is 1050. The van der Waals surface area contributed by atoms with Crippen LogP contribution in [0.25, 0.3) is 32.9 Å². The molecule has 0 bridgehead atoms. The highest BCUT2D eigenvalue weighted by molar-refractivity contribution is 6.09. The molecule has 1 aromatic heterocycles. The number of nitriles is 1. The molecule has 0 amide bonds. The minimum absolute atomic E-state index is 0.692. The van der Waals surface area contributed by atoms with Crippen LogP contribution in [0.3, 0.4) is 0 Å². The van der Waals surface area contributed by atoms with Gasteiger partial charge >= 0.3 is 0 Å². The lowest BCUT2D eigenvalue weighted by Crippen LogP contribution is -1.92. The molecule has 0 spiro atoms. The Balaban J connectivity index is 1.97. The summed E-state index contributed by atoms with van der Waals surface area (Å²) in [5, 5.41) is 11.5. The van der Waals surface area contributed by atoms with Gasteiger partial charge in [0.1, 0.15) is 0 Å². The first kappa shape index (κ1) is 13.6. The summed E-state index contributed by atoms with van der Waals surface area (Å²) in [4.78, 5) is 0. The van der Waals surface area contributed by atoms with Crippen LogP contribution in [-0.4, -0.2) is 4.57 Å². The summed E-state index contributed by atoms with van der Waals surface area (Å²) < 4.78 is 2.35. The average molecular weight is 296 g/mol. The van der Waals surface area contributed by atoms with Crippen LogP contribution in [0.2, 0.25) is 0 Å². The number of benzene rings is 3. The minimum Gasteiger partial charge on any atom is -0.341 e. The molecule has 0 saturated carbocycles. The molecule has 1 heterocycles. The molecule has 0 unspecified atom stereocenters. The van der Waals surface area contributed by atoms with E-state index < -0.39 is 0 Å². The lowest BCUT2D eigenvalue weighted by molar-refractivity contribution is 0.827. The molecule has 0 saturated heterocycles. The molecule has 0 aliphatic carbocycles. The SMILES string of the molecule is CCn1c2ccccc2c2cc(-c3ccc(C#N)cc3)ccc21. The Morgan fingerprint density at radius 1 is 0.826 bits per heavy atom. The molecule has 0 atom stereocenters. The standard InChI is InChI=1S/C21H16N2/c1-2-23-20-6-4-3-5-18(20)19-13-17(11-12-21(19)23)16-9-7-15(14-22)8-10-16/h3-13H,2H2,1H3. The van der Waals surface area contributed by atoms with Crippen LogP contribution in [-0.2, 0) is 6.54 Å². The van der Waals surface area contributed by atoms with E-state index in [1.54, 1.807) is 0 Å². The summed E-state index contributed by atoms with van der Waals surface area (Å²) in [7, 11) is 0. The average Bonchev–Trinajstić information content (AvgIpc) is 2.95. The summed E-state index contributed by atoms with van der Waals surface area (Å²) >= 11 is 0. The Kier molecular flexibility index (Phi) is 3.13. The summed E-state index contributed by atoms with van der Waals surface area (Å²) in [5.41, 5.74) is 5.56. The summed E-state index contributed by atoms with van der Waals surface area (Å²) in [6.45, 7) is 3.14. The number of aromatic nitrogens is 1. The van der Waals surface area contributed by atoms with Gasteiger partial charge in [0, 0.05) is 28.4 Å². The van der Waals surface area contributed by atoms with Crippen molar-refractivity contribution in [3.05, 3.63) is 72.3 Å². The van der Waals surface area contributed by atoms with Crippen molar-refractivity contribution in [2.45, 2.75) is 13.5 Å². The quantitative estimate of drug-likeness (QED) is 0.490. The van der Waals surface area contributed by atoms with Gasteiger partial charge in [-0.15, -0.1) is 0 Å². The third-order valence-corrected chi connectivity index (χ3v) is 4.44. The molecule has 4 aromatic rings. The second-order valence-corrected chi connectivity index (χ2v) is 5.68. The van der Waals surface area contributed by atoms with Gasteiger partial charge in [-0.25, -0.2) is 0 Å². The van der Waals surface area contributed by atoms with Crippen molar-refractivity contribution in [1.82, 2.24) is 4.57 Å². The van der Waals surface area contributed by atoms with Crippen LogP contribution in [0.5, 0.6) is 0 Å². The molecule has 0 radical (unpaired) electrons. The van der Waals surface area contributed by atoms with Gasteiger partial charge in [-0.2, -0.15) is 5.26 Å². The minimum atomic E-state index is 0.692. The summed E-state index contributed by atoms with van der Waals surface area (Å²) in [6, 6.07) is 25.1. The molecule has 0 N–H and O–H groups in total. The molecular weight excluding hydrogens is 280 g/mol. The third-order valence-electron chi connectivity index (χ3n) is 4.44. The fraction of sp³-hybridized carbons (Fsp3) is 0.0952. The first-order valence-electron chi connectivity index (χ1n) is 7.83. The Hall–Kier alpha value is -3.05. The molecular formula is C21H16N2. The van der Waals surface area contributed by atoms with Crippen LogP contribution in [0.15, 0.2) is 66.7 Å². The van der Waals surface area contributed by atoms with Crippen LogP contribution in [0.4, 0.5) is 0 Å². The summed E-state index contributed by atoms with van der Waals surface area (Å²) in [6.07, 6.45) is 0. The fourth-order valence-corrected chi connectivity index (χ4v) is 3.31. The van der Waals surface area contributed by atoms with Gasteiger partial charge in [-0.1, -0.05) is 36.4 Å². The third kappa shape index (κ3) is 2.10. The Morgan fingerprint density at radius 3 is 2.26 bits per heavy atom. The van der Waals surface area contributed by atoms with Gasteiger partial charge < -0.3 is 4.57 Å². The Morgan fingerprint density at radius 2 is 1.52 bits per heavy atom. The Labute approximate surface area is 135 Å². The largest absolute Gasteiger partial charge is 0.341 e. The molecule has 3 aromatic carbocycles. The van der Waals surface area contributed by atoms with E-state index in [0.29, 0.717) is 5.56 Å². The number of para-hydroxylation sites is 1. The van der Waals surface area contributed by atoms with Gasteiger partial charge in [0.05, 0.1) is 11.6 Å². The molecule has 2 nitrogen and oxygen atoms in total. The van der Waals surface area contributed by atoms with Crippen LogP contribution in [0, 0.1) is 11.3 Å². The molecule has 0 aliphatic heterocycles. The highest BCUT2D eigenvalue weighted by Gasteiger charge is 2.10. The van der Waals surface area contributed by atoms with E-state index in [1.165, 1.54) is 27.4 Å². The second kappa shape index (κ2) is 5.30. The lowest BCUT2D eigenvalue weighted by Gasteiger charge is -2.05. The summed E-state index contributed by atoms with van der Waals surface area (Å²) in [5.74, 6) is 0. The monoisotopic (exact) mass is 296 g/mol. The number of hydrogen-bond acceptors (Lipinski definition) is 1. The van der Waals surface area contributed by atoms with Crippen molar-refractivity contribution in [2.24, 2.45) is 0 Å². The van der Waals surface area contributed by atoms with Crippen LogP contribution in [0.1, 0.15) is 12.5 Å². The smallest absolute Gasteiger partial charge is 0.0991 e. The van der Waals surface area contributed by atoms with Gasteiger partial charge in [0.25, 0.3) is 0 Å². The predicted molar refractivity (Wildman–Crippen MR) is 95.3 cm³/mol. The van der Waals surface area contributed by atoms with Crippen molar-refractivity contribution in [1.29, 1.82) is 5.26 Å². The molecule has 23 heavy (non-hydrogen) atoms. The van der Waals surface area contributed by atoms with Crippen LogP contribution >= 0.6 is 0 Å². The van der Waals surface area contributed by atoms with E-state index >= 15 is 0 Å². The zero-order chi connectivity index (χ0) is 15.8. The van der Waals surface area contributed by atoms with Crippen molar-refractivity contribution in [2.75, 3.05) is 0 Å². The maximum atomic E-state index is 8.94. The molecule has 4 rings (SSSR count). The number of nitrogens with zero attached hydrogens (tertiary/aromatic N) is 2. The van der Waals surface area contributed by atoms with E-state index in [4.69, 9.17) is 5.26 Å². The maximum Gasteiger partial charge on any atom is 0.0991 e. The van der Waals surface area contributed by atoms with E-state index in [9.17, 15) is 0 Å². The number of hydrogen-bond donors (Lipinski definition) is 0. The van der Waals surface area contributed by atoms with Gasteiger partial charge in [-0.05, 0) is 48.4 Å². The first-order valence-corrected chi connectivity index (χ1v) is 7.83. The lowest BCUT2D eigenvalue weighted by atomic mass is 10.0. The number of rotatable bonds is 2. The van der Waals surface area contributed by atoms with Crippen molar-refractivity contribution in [3.8, 4) is 17.2 Å². The first-order chi connectivity index (χ1) is 11.3. The molecule has 2 heteroatoms. The number of aryl methyl sites for hydroxylation is 1. The topological polar surface area (TPSA) is 28.7 Å². The van der Waals surface area contributed by atoms with E-state index in [0.717, 1.165) is 12.1 Å². The number of fused-ring (bicyclic) bond motifs is 3. The highest BCUT2D eigenvalue weighted by Crippen LogP contribution is 2.32. The maximum absolute atomic E-state index is 8.94. The van der Waals surface area contributed by atoms with E-state index in [1.807, 2.05) is 24.3 Å².